The highest BCUT2D eigenvalue weighted by molar-refractivity contribution is 7.61. The van der Waals surface area contributed by atoms with Crippen LogP contribution in [0.25, 0.3) is 0 Å². The zero-order chi connectivity index (χ0) is 49.3. The van der Waals surface area contributed by atoms with E-state index >= 15 is 0 Å². The zero-order valence-electron chi connectivity index (χ0n) is 39.6. The van der Waals surface area contributed by atoms with E-state index in [0.29, 0.717) is 19.3 Å². The van der Waals surface area contributed by atoms with Gasteiger partial charge in [-0.25, -0.2) is 13.9 Å². The van der Waals surface area contributed by atoms with Crippen molar-refractivity contribution in [3.8, 4) is 0 Å². The number of unbranched alkanes of at least 4 members (excludes halogenated alkanes) is 17. The second-order valence-corrected chi connectivity index (χ2v) is 19.8. The van der Waals surface area contributed by atoms with Crippen molar-refractivity contribution < 1.29 is 71.4 Å². The molecule has 1 aliphatic heterocycles. The Bertz CT molecular complexity index is 1780. The van der Waals surface area contributed by atoms with Gasteiger partial charge in [0.1, 0.15) is 30.7 Å². The molecule has 67 heavy (non-hydrogen) atoms. The Morgan fingerprint density at radius 3 is 1.99 bits per heavy atom. The Morgan fingerprint density at radius 1 is 0.791 bits per heavy atom. The summed E-state index contributed by atoms with van der Waals surface area (Å²) in [6.07, 6.45) is 25.6. The van der Waals surface area contributed by atoms with Crippen LogP contribution in [-0.2, 0) is 46.3 Å². The molecule has 0 amide bonds. The molecule has 8 atom stereocenters. The highest BCUT2D eigenvalue weighted by Gasteiger charge is 2.46. The standard InChI is InChI=1S/C46H79N3O16P2/c1-3-5-7-8-9-10-11-12-13-16-20-23-27-31-42(52)63-38(34-60-41(51)30-26-22-19-17-14-15-18-21-25-29-37(50)28-24-6-4-2)35-61-66(56,57)65-67(58,59)62-36-39-43(53)44(54)45(64-39)49-33-32-40(47)48-46(49)55/h6,18,21,24-25,29,32-33,37-39,43-45,50,53-54H,3-5,7-17,19-20,22-23,26-28,30-31,34-36H2,1-2H3,(H,56,57)(H,58,59)(H2,47,48,55)/b21-18+,24-6+,29-25+/t37?,38-,39-,43-,44-,45-/m1/s1. The number of nitrogen functional groups attached to an aromatic ring is 1. The van der Waals surface area contributed by atoms with E-state index in [0.717, 1.165) is 75.0 Å². The van der Waals surface area contributed by atoms with E-state index in [1.54, 1.807) is 6.08 Å². The molecule has 0 aromatic carbocycles. The number of aromatic nitrogens is 2. The van der Waals surface area contributed by atoms with Gasteiger partial charge in [0.2, 0.25) is 0 Å². The van der Waals surface area contributed by atoms with Crippen LogP contribution in [0, 0.1) is 0 Å². The molecule has 0 saturated carbocycles. The van der Waals surface area contributed by atoms with Crippen LogP contribution in [0.1, 0.15) is 168 Å². The number of aliphatic hydroxyl groups excluding tert-OH is 3. The van der Waals surface area contributed by atoms with Crippen LogP contribution >= 0.6 is 15.6 Å². The molecular formula is C46H79N3O16P2. The molecule has 0 spiro atoms. The van der Waals surface area contributed by atoms with Gasteiger partial charge in [-0.05, 0) is 44.6 Å². The summed E-state index contributed by atoms with van der Waals surface area (Å²) < 4.78 is 56.6. The molecule has 2 heterocycles. The zero-order valence-corrected chi connectivity index (χ0v) is 41.3. The number of hydrogen-bond acceptors (Lipinski definition) is 16. The number of allylic oxidation sites excluding steroid dienone is 4. The molecular weight excluding hydrogens is 912 g/mol. The average Bonchev–Trinajstić information content (AvgIpc) is 3.55. The van der Waals surface area contributed by atoms with E-state index in [4.69, 9.17) is 29.0 Å². The van der Waals surface area contributed by atoms with E-state index in [1.807, 2.05) is 37.3 Å². The summed E-state index contributed by atoms with van der Waals surface area (Å²) in [7, 11) is -10.9. The van der Waals surface area contributed by atoms with Gasteiger partial charge in [0.05, 0.1) is 19.3 Å². The van der Waals surface area contributed by atoms with Gasteiger partial charge in [-0.3, -0.25) is 23.2 Å². The molecule has 21 heteroatoms. The minimum atomic E-state index is -5.43. The molecule has 1 aliphatic rings. The summed E-state index contributed by atoms with van der Waals surface area (Å²) in [6.45, 7) is 1.91. The first-order valence-electron chi connectivity index (χ1n) is 24.1. The number of nitrogens with two attached hydrogens (primary N) is 1. The SMILES string of the molecule is CC/C=C/CC(O)/C=C/C=C/CCCCCCCC(=O)OC[C@H](COP(=O)(O)OP(=O)(O)OC[C@H]1O[C@@H](n2ccc(N)nc2=O)[C@H](O)[C@@H]1O)OC(=O)CCCCCCCCCCCCCCC. The van der Waals surface area contributed by atoms with E-state index in [2.05, 4.69) is 16.2 Å². The molecule has 7 N–H and O–H groups in total. The Balaban J connectivity index is 1.83. The van der Waals surface area contributed by atoms with Gasteiger partial charge in [-0.2, -0.15) is 9.29 Å². The minimum absolute atomic E-state index is 0.0376. The second kappa shape index (κ2) is 35.1. The Labute approximate surface area is 396 Å². The van der Waals surface area contributed by atoms with Gasteiger partial charge in [0, 0.05) is 19.0 Å². The number of esters is 2. The van der Waals surface area contributed by atoms with E-state index in [-0.39, 0.29) is 18.7 Å². The minimum Gasteiger partial charge on any atom is -0.462 e. The second-order valence-electron chi connectivity index (χ2n) is 16.8. The molecule has 1 saturated heterocycles. The number of aliphatic hydroxyl groups is 3. The fourth-order valence-electron chi connectivity index (χ4n) is 7.05. The predicted octanol–water partition coefficient (Wildman–Crippen LogP) is 8.19. The van der Waals surface area contributed by atoms with Crippen molar-refractivity contribution >= 4 is 33.4 Å². The highest BCUT2D eigenvalue weighted by atomic mass is 31.3. The van der Waals surface area contributed by atoms with Crippen LogP contribution in [0.4, 0.5) is 5.82 Å². The summed E-state index contributed by atoms with van der Waals surface area (Å²) in [5.41, 5.74) is 4.57. The fourth-order valence-corrected chi connectivity index (χ4v) is 9.17. The smallest absolute Gasteiger partial charge is 0.462 e. The molecule has 1 aromatic heterocycles. The molecule has 1 fully saturated rings. The van der Waals surface area contributed by atoms with Crippen LogP contribution in [0.5, 0.6) is 0 Å². The monoisotopic (exact) mass is 991 g/mol. The largest absolute Gasteiger partial charge is 0.481 e. The first-order valence-corrected chi connectivity index (χ1v) is 27.1. The van der Waals surface area contributed by atoms with Gasteiger partial charge < -0.3 is 45.1 Å². The Hall–Kier alpha value is -3.06. The normalized spacial score (nSPS) is 20.3. The number of phosphoric ester groups is 2. The molecule has 0 bridgehead atoms. The van der Waals surface area contributed by atoms with Crippen molar-refractivity contribution in [2.24, 2.45) is 0 Å². The summed E-state index contributed by atoms with van der Waals surface area (Å²) in [6, 6.07) is 1.24. The first kappa shape index (κ1) is 60.1. The number of carbonyl (C=O) groups is 2. The van der Waals surface area contributed by atoms with Crippen LogP contribution in [-0.4, -0.2) is 96.9 Å². The molecule has 0 aliphatic carbocycles. The molecule has 2 rings (SSSR count). The van der Waals surface area contributed by atoms with Crippen molar-refractivity contribution in [2.75, 3.05) is 25.6 Å². The highest BCUT2D eigenvalue weighted by Crippen LogP contribution is 2.60. The van der Waals surface area contributed by atoms with Crippen LogP contribution < -0.4 is 11.4 Å². The summed E-state index contributed by atoms with van der Waals surface area (Å²) >= 11 is 0. The van der Waals surface area contributed by atoms with Gasteiger partial charge in [-0.1, -0.05) is 147 Å². The number of phosphoric acid groups is 2. The van der Waals surface area contributed by atoms with Crippen molar-refractivity contribution in [3.05, 3.63) is 59.2 Å². The number of ether oxygens (including phenoxy) is 3. The predicted molar refractivity (Wildman–Crippen MR) is 253 cm³/mol. The average molecular weight is 992 g/mol. The van der Waals surface area contributed by atoms with E-state index in [1.165, 1.54) is 57.4 Å². The van der Waals surface area contributed by atoms with Gasteiger partial charge in [0.15, 0.2) is 12.3 Å². The lowest BCUT2D eigenvalue weighted by atomic mass is 10.0. The number of nitrogens with zero attached hydrogens (tertiary/aromatic N) is 2. The molecule has 0 radical (unpaired) electrons. The lowest BCUT2D eigenvalue weighted by Crippen LogP contribution is -2.36. The van der Waals surface area contributed by atoms with Crippen molar-refractivity contribution in [1.29, 1.82) is 0 Å². The first-order chi connectivity index (χ1) is 32.1. The summed E-state index contributed by atoms with van der Waals surface area (Å²) in [5.74, 6) is -1.35. The lowest BCUT2D eigenvalue weighted by Gasteiger charge is -2.21. The molecule has 19 nitrogen and oxygen atoms in total. The Kier molecular flexibility index (Phi) is 31.5. The third-order valence-corrected chi connectivity index (χ3v) is 13.4. The van der Waals surface area contributed by atoms with E-state index in [9.17, 15) is 48.6 Å². The van der Waals surface area contributed by atoms with Crippen molar-refractivity contribution in [1.82, 2.24) is 9.55 Å². The van der Waals surface area contributed by atoms with Crippen molar-refractivity contribution in [2.45, 2.75) is 198 Å². The van der Waals surface area contributed by atoms with Crippen LogP contribution in [0.2, 0.25) is 0 Å². The quantitative estimate of drug-likeness (QED) is 0.0119. The lowest BCUT2D eigenvalue weighted by molar-refractivity contribution is -0.161. The third-order valence-electron chi connectivity index (χ3n) is 10.8. The number of hydrogen-bond donors (Lipinski definition) is 6. The van der Waals surface area contributed by atoms with E-state index < -0.39 is 89.8 Å². The Morgan fingerprint density at radius 2 is 1.37 bits per heavy atom. The third kappa shape index (κ3) is 28.3. The van der Waals surface area contributed by atoms with Gasteiger partial charge in [0.25, 0.3) is 0 Å². The topological polar surface area (TPSA) is 286 Å². The van der Waals surface area contributed by atoms with Gasteiger partial charge in [-0.15, -0.1) is 0 Å². The van der Waals surface area contributed by atoms with Crippen LogP contribution in [0.3, 0.4) is 0 Å². The number of anilines is 1. The fraction of sp³-hybridized carbons (Fsp3) is 0.739. The summed E-state index contributed by atoms with van der Waals surface area (Å²) in [5, 5.41) is 30.8. The maximum atomic E-state index is 12.8. The molecule has 1 aromatic rings. The van der Waals surface area contributed by atoms with Gasteiger partial charge >= 0.3 is 33.3 Å². The maximum Gasteiger partial charge on any atom is 0.481 e. The summed E-state index contributed by atoms with van der Waals surface area (Å²) in [4.78, 5) is 61.8. The van der Waals surface area contributed by atoms with Crippen molar-refractivity contribution in [3.63, 3.8) is 0 Å². The molecule has 384 valence electrons. The number of rotatable bonds is 39. The number of carbonyl (C=O) groups excluding carboxylic acids is 2. The molecule has 3 unspecified atom stereocenters. The van der Waals surface area contributed by atoms with Crippen LogP contribution in [0.15, 0.2) is 53.5 Å². The maximum absolute atomic E-state index is 12.8.